The zero-order chi connectivity index (χ0) is 18.4. The quantitative estimate of drug-likeness (QED) is 0.804. The van der Waals surface area contributed by atoms with E-state index < -0.39 is 5.97 Å². The molecule has 0 saturated heterocycles. The second-order valence-corrected chi connectivity index (χ2v) is 5.67. The maximum atomic E-state index is 13.3. The minimum absolute atomic E-state index is 0.162. The van der Waals surface area contributed by atoms with Crippen LogP contribution in [-0.2, 0) is 11.3 Å². The van der Waals surface area contributed by atoms with E-state index in [1.165, 1.54) is 36.3 Å². The normalized spacial score (nSPS) is 10.2. The second kappa shape index (κ2) is 8.48. The van der Waals surface area contributed by atoms with E-state index in [9.17, 15) is 14.0 Å². The molecule has 2 amide bonds. The molecule has 0 aliphatic rings. The Kier molecular flexibility index (Phi) is 6.36. The first-order chi connectivity index (χ1) is 11.9. The Balaban J connectivity index is 2.12. The Bertz CT molecular complexity index is 783. The summed E-state index contributed by atoms with van der Waals surface area (Å²) >= 11 is 5.96. The number of carbonyl (C=O) groups excluding carboxylic acids is 2. The first-order valence-electron chi connectivity index (χ1n) is 7.62. The van der Waals surface area contributed by atoms with E-state index in [1.54, 1.807) is 18.2 Å². The molecule has 0 aliphatic heterocycles. The minimum Gasteiger partial charge on any atom is -0.465 e. The van der Waals surface area contributed by atoms with Crippen LogP contribution in [0.4, 0.5) is 14.9 Å². The van der Waals surface area contributed by atoms with Gasteiger partial charge in [-0.1, -0.05) is 23.7 Å². The van der Waals surface area contributed by atoms with Crippen molar-refractivity contribution in [2.45, 2.75) is 13.5 Å². The van der Waals surface area contributed by atoms with E-state index in [0.717, 1.165) is 0 Å². The summed E-state index contributed by atoms with van der Waals surface area (Å²) in [5.74, 6) is -0.942. The number of urea groups is 1. The molecule has 0 atom stereocenters. The predicted molar refractivity (Wildman–Crippen MR) is 94.3 cm³/mol. The third kappa shape index (κ3) is 4.93. The van der Waals surface area contributed by atoms with Crippen LogP contribution in [0.25, 0.3) is 0 Å². The lowest BCUT2D eigenvalue weighted by Gasteiger charge is -2.21. The highest BCUT2D eigenvalue weighted by molar-refractivity contribution is 6.33. The third-order valence-electron chi connectivity index (χ3n) is 3.55. The van der Waals surface area contributed by atoms with Crippen LogP contribution >= 0.6 is 11.6 Å². The number of hydrogen-bond donors (Lipinski definition) is 1. The molecule has 0 bridgehead atoms. The molecule has 0 heterocycles. The molecule has 1 N–H and O–H groups in total. The van der Waals surface area contributed by atoms with Gasteiger partial charge in [0.1, 0.15) is 5.82 Å². The van der Waals surface area contributed by atoms with Crippen molar-refractivity contribution in [3.8, 4) is 0 Å². The molecule has 0 unspecified atom stereocenters. The van der Waals surface area contributed by atoms with Gasteiger partial charge in [-0.15, -0.1) is 0 Å². The summed E-state index contributed by atoms with van der Waals surface area (Å²) in [6.07, 6.45) is 0. The highest BCUT2D eigenvalue weighted by Gasteiger charge is 2.16. The van der Waals surface area contributed by atoms with Gasteiger partial charge in [0.2, 0.25) is 0 Å². The summed E-state index contributed by atoms with van der Waals surface area (Å²) in [7, 11) is 1.25. The molecule has 0 fully saturated rings. The highest BCUT2D eigenvalue weighted by atomic mass is 35.5. The number of nitrogens with one attached hydrogen (secondary N) is 1. The number of benzene rings is 2. The van der Waals surface area contributed by atoms with Gasteiger partial charge in [0.25, 0.3) is 0 Å². The SMILES string of the molecule is CCN(Cc1cccc(F)c1)C(=O)Nc1ccc(Cl)c(C(=O)OC)c1. The number of methoxy groups -OCH3 is 1. The molecule has 0 radical (unpaired) electrons. The molecule has 2 aromatic carbocycles. The van der Waals surface area contributed by atoms with Crippen LogP contribution in [0.1, 0.15) is 22.8 Å². The fraction of sp³-hybridized carbons (Fsp3) is 0.222. The Hall–Kier alpha value is -2.60. The Morgan fingerprint density at radius 3 is 2.64 bits per heavy atom. The predicted octanol–water partition coefficient (Wildman–Crippen LogP) is 4.32. The molecular formula is C18H18ClFN2O3. The molecule has 25 heavy (non-hydrogen) atoms. The number of carbonyl (C=O) groups is 2. The van der Waals surface area contributed by atoms with Crippen molar-refractivity contribution >= 4 is 29.3 Å². The van der Waals surface area contributed by atoms with Gasteiger partial charge in [-0.05, 0) is 42.8 Å². The van der Waals surface area contributed by atoms with Gasteiger partial charge in [-0.3, -0.25) is 0 Å². The summed E-state index contributed by atoms with van der Waals surface area (Å²) in [5.41, 5.74) is 1.26. The van der Waals surface area contributed by atoms with Gasteiger partial charge < -0.3 is 15.0 Å². The summed E-state index contributed by atoms with van der Waals surface area (Å²) in [4.78, 5) is 25.6. The molecule has 5 nitrogen and oxygen atoms in total. The van der Waals surface area contributed by atoms with Crippen LogP contribution in [0.5, 0.6) is 0 Å². The molecule has 132 valence electrons. The minimum atomic E-state index is -0.590. The van der Waals surface area contributed by atoms with Crippen molar-refractivity contribution in [3.05, 3.63) is 64.4 Å². The van der Waals surface area contributed by atoms with Crippen LogP contribution in [0.2, 0.25) is 5.02 Å². The number of esters is 1. The first kappa shape index (κ1) is 18.7. The van der Waals surface area contributed by atoms with E-state index >= 15 is 0 Å². The van der Waals surface area contributed by atoms with Gasteiger partial charge in [0, 0.05) is 18.8 Å². The van der Waals surface area contributed by atoms with E-state index in [1.807, 2.05) is 6.92 Å². The molecule has 0 spiro atoms. The van der Waals surface area contributed by atoms with E-state index in [4.69, 9.17) is 11.6 Å². The molecule has 7 heteroatoms. The van der Waals surface area contributed by atoms with Crippen molar-refractivity contribution < 1.29 is 18.7 Å². The summed E-state index contributed by atoms with van der Waals surface area (Å²) < 4.78 is 17.9. The fourth-order valence-electron chi connectivity index (χ4n) is 2.25. The van der Waals surface area contributed by atoms with E-state index in [0.29, 0.717) is 17.8 Å². The lowest BCUT2D eigenvalue weighted by Crippen LogP contribution is -2.34. The zero-order valence-corrected chi connectivity index (χ0v) is 14.6. The fourth-order valence-corrected chi connectivity index (χ4v) is 2.45. The molecule has 2 aromatic rings. The topological polar surface area (TPSA) is 58.6 Å². The first-order valence-corrected chi connectivity index (χ1v) is 8.00. The number of halogens is 2. The monoisotopic (exact) mass is 364 g/mol. The Labute approximate surface area is 150 Å². The van der Waals surface area contributed by atoms with Crippen LogP contribution in [-0.4, -0.2) is 30.6 Å². The van der Waals surface area contributed by atoms with Crippen molar-refractivity contribution in [1.29, 1.82) is 0 Å². The van der Waals surface area contributed by atoms with Gasteiger partial charge in [-0.25, -0.2) is 14.0 Å². The highest BCUT2D eigenvalue weighted by Crippen LogP contribution is 2.22. The average Bonchev–Trinajstić information content (AvgIpc) is 2.60. The smallest absolute Gasteiger partial charge is 0.339 e. The van der Waals surface area contributed by atoms with Crippen molar-refractivity contribution in [1.82, 2.24) is 4.90 Å². The van der Waals surface area contributed by atoms with E-state index in [-0.39, 0.29) is 29.0 Å². The largest absolute Gasteiger partial charge is 0.465 e. The van der Waals surface area contributed by atoms with Gasteiger partial charge in [0.05, 0.1) is 17.7 Å². The molecular weight excluding hydrogens is 347 g/mol. The van der Waals surface area contributed by atoms with Crippen molar-refractivity contribution in [3.63, 3.8) is 0 Å². The Morgan fingerprint density at radius 2 is 2.00 bits per heavy atom. The average molecular weight is 365 g/mol. The molecule has 0 saturated carbocycles. The van der Waals surface area contributed by atoms with E-state index in [2.05, 4.69) is 10.1 Å². The maximum absolute atomic E-state index is 13.3. The number of ether oxygens (including phenoxy) is 1. The lowest BCUT2D eigenvalue weighted by atomic mass is 10.2. The molecule has 2 rings (SSSR count). The zero-order valence-electron chi connectivity index (χ0n) is 13.9. The summed E-state index contributed by atoms with van der Waals surface area (Å²) in [6.45, 7) is 2.51. The van der Waals surface area contributed by atoms with Crippen molar-refractivity contribution in [2.75, 3.05) is 19.0 Å². The van der Waals surface area contributed by atoms with Gasteiger partial charge in [-0.2, -0.15) is 0 Å². The van der Waals surface area contributed by atoms with Crippen LogP contribution < -0.4 is 5.32 Å². The molecule has 0 aliphatic carbocycles. The third-order valence-corrected chi connectivity index (χ3v) is 3.88. The summed E-state index contributed by atoms with van der Waals surface area (Å²) in [5, 5.41) is 2.93. The lowest BCUT2D eigenvalue weighted by molar-refractivity contribution is 0.0601. The Morgan fingerprint density at radius 1 is 1.24 bits per heavy atom. The van der Waals surface area contributed by atoms with Gasteiger partial charge in [0.15, 0.2) is 0 Å². The van der Waals surface area contributed by atoms with Crippen molar-refractivity contribution in [2.24, 2.45) is 0 Å². The number of hydrogen-bond acceptors (Lipinski definition) is 3. The van der Waals surface area contributed by atoms with Crippen LogP contribution in [0.3, 0.4) is 0 Å². The maximum Gasteiger partial charge on any atom is 0.339 e. The standard InChI is InChI=1S/C18H18ClFN2O3/c1-3-22(11-12-5-4-6-13(20)9-12)18(24)21-14-7-8-16(19)15(10-14)17(23)25-2/h4-10H,3,11H2,1-2H3,(H,21,24). The number of anilines is 1. The number of nitrogens with zero attached hydrogens (tertiary/aromatic N) is 1. The van der Waals surface area contributed by atoms with Crippen LogP contribution in [0.15, 0.2) is 42.5 Å². The van der Waals surface area contributed by atoms with Crippen LogP contribution in [0, 0.1) is 5.82 Å². The van der Waals surface area contributed by atoms with Gasteiger partial charge >= 0.3 is 12.0 Å². The molecule has 0 aromatic heterocycles. The second-order valence-electron chi connectivity index (χ2n) is 5.26. The number of amides is 2. The number of rotatable bonds is 5. The summed E-state index contributed by atoms with van der Waals surface area (Å²) in [6, 6.07) is 10.2.